The monoisotopic (exact) mass is 486 g/mol. The van der Waals surface area contributed by atoms with Crippen LogP contribution in [0.15, 0.2) is 76.4 Å². The quantitative estimate of drug-likeness (QED) is 0.386. The van der Waals surface area contributed by atoms with Crippen molar-refractivity contribution in [3.05, 3.63) is 94.4 Å². The van der Waals surface area contributed by atoms with Crippen LogP contribution in [-0.4, -0.2) is 59.1 Å². The number of esters is 1. The van der Waals surface area contributed by atoms with Crippen molar-refractivity contribution in [3.8, 4) is 0 Å². The standard InChI is InChI=1S/C27H26N4O5/c1-2-35-27(34)23-24(29-12-14-30(15-13-29)25(32)22-9-6-16-36-22)20-10-11-28-17-21(20)31(26(23)33)18-19-7-4-3-5-8-19/h3-11,16-17H,2,12-15,18H2,1H3. The zero-order valence-electron chi connectivity index (χ0n) is 19.9. The molecule has 1 aliphatic heterocycles. The lowest BCUT2D eigenvalue weighted by molar-refractivity contribution is 0.0523. The molecule has 5 rings (SSSR count). The molecule has 1 amide bonds. The highest BCUT2D eigenvalue weighted by Gasteiger charge is 2.30. The van der Waals surface area contributed by atoms with Crippen LogP contribution in [0.25, 0.3) is 10.9 Å². The van der Waals surface area contributed by atoms with Crippen LogP contribution < -0.4 is 10.5 Å². The Balaban J connectivity index is 1.57. The van der Waals surface area contributed by atoms with E-state index in [1.165, 1.54) is 6.26 Å². The summed E-state index contributed by atoms with van der Waals surface area (Å²) in [6.45, 7) is 3.88. The SMILES string of the molecule is CCOC(=O)c1c(N2CCN(C(=O)c3ccco3)CC2)c2ccncc2n(Cc2ccccc2)c1=O. The van der Waals surface area contributed by atoms with Gasteiger partial charge < -0.3 is 23.5 Å². The Morgan fingerprint density at radius 3 is 2.50 bits per heavy atom. The Bertz CT molecular complexity index is 1440. The number of amides is 1. The third-order valence-electron chi connectivity index (χ3n) is 6.32. The Labute approximate surface area is 207 Å². The molecule has 1 saturated heterocycles. The molecule has 1 aliphatic rings. The fourth-order valence-corrected chi connectivity index (χ4v) is 4.61. The lowest BCUT2D eigenvalue weighted by atomic mass is 10.1. The number of hydrogen-bond donors (Lipinski definition) is 0. The van der Waals surface area contributed by atoms with Crippen molar-refractivity contribution in [3.63, 3.8) is 0 Å². The third kappa shape index (κ3) is 4.35. The summed E-state index contributed by atoms with van der Waals surface area (Å²) in [6.07, 6.45) is 4.77. The topological polar surface area (TPSA) is 97.9 Å². The van der Waals surface area contributed by atoms with Gasteiger partial charge >= 0.3 is 5.97 Å². The average Bonchev–Trinajstić information content (AvgIpc) is 3.45. The number of carbonyl (C=O) groups excluding carboxylic acids is 2. The van der Waals surface area contributed by atoms with Gasteiger partial charge in [0.2, 0.25) is 0 Å². The molecule has 4 heterocycles. The van der Waals surface area contributed by atoms with Gasteiger partial charge in [0.1, 0.15) is 5.56 Å². The number of piperazine rings is 1. The Hall–Kier alpha value is -4.40. The number of pyridine rings is 2. The smallest absolute Gasteiger partial charge is 0.345 e. The second-order valence-corrected chi connectivity index (χ2v) is 8.47. The van der Waals surface area contributed by atoms with Crippen LogP contribution in [0.2, 0.25) is 0 Å². The van der Waals surface area contributed by atoms with Gasteiger partial charge in [0, 0.05) is 37.8 Å². The summed E-state index contributed by atoms with van der Waals surface area (Å²) in [4.78, 5) is 47.7. The Morgan fingerprint density at radius 1 is 1.03 bits per heavy atom. The van der Waals surface area contributed by atoms with Gasteiger partial charge in [0.15, 0.2) is 5.76 Å². The number of rotatable bonds is 6. The first-order valence-electron chi connectivity index (χ1n) is 11.9. The van der Waals surface area contributed by atoms with Crippen molar-refractivity contribution < 1.29 is 18.7 Å². The minimum Gasteiger partial charge on any atom is -0.462 e. The van der Waals surface area contributed by atoms with Gasteiger partial charge in [-0.15, -0.1) is 0 Å². The number of furan rings is 1. The summed E-state index contributed by atoms with van der Waals surface area (Å²) in [5, 5.41) is 0.731. The predicted octanol–water partition coefficient (Wildman–Crippen LogP) is 3.18. The predicted molar refractivity (Wildman–Crippen MR) is 134 cm³/mol. The first-order chi connectivity index (χ1) is 17.6. The highest BCUT2D eigenvalue weighted by atomic mass is 16.5. The molecule has 3 aromatic heterocycles. The van der Waals surface area contributed by atoms with E-state index in [1.807, 2.05) is 41.3 Å². The summed E-state index contributed by atoms with van der Waals surface area (Å²) in [5.41, 5.74) is 1.64. The number of anilines is 1. The second kappa shape index (κ2) is 10.1. The van der Waals surface area contributed by atoms with E-state index in [0.29, 0.717) is 43.9 Å². The number of ether oxygens (including phenoxy) is 1. The van der Waals surface area contributed by atoms with Crippen molar-refractivity contribution in [1.82, 2.24) is 14.5 Å². The number of benzene rings is 1. The van der Waals surface area contributed by atoms with Crippen molar-refractivity contribution in [1.29, 1.82) is 0 Å². The summed E-state index contributed by atoms with van der Waals surface area (Å²) >= 11 is 0. The van der Waals surface area contributed by atoms with E-state index < -0.39 is 11.5 Å². The van der Waals surface area contributed by atoms with Crippen LogP contribution in [0.5, 0.6) is 0 Å². The van der Waals surface area contributed by atoms with Crippen molar-refractivity contribution in [2.75, 3.05) is 37.7 Å². The van der Waals surface area contributed by atoms with Gasteiger partial charge in [-0.1, -0.05) is 30.3 Å². The highest BCUT2D eigenvalue weighted by Crippen LogP contribution is 2.30. The molecule has 184 valence electrons. The molecule has 36 heavy (non-hydrogen) atoms. The van der Waals surface area contributed by atoms with E-state index in [0.717, 1.165) is 10.9 Å². The van der Waals surface area contributed by atoms with Crippen LogP contribution in [0.4, 0.5) is 5.69 Å². The molecule has 9 heteroatoms. The second-order valence-electron chi connectivity index (χ2n) is 8.47. The number of aromatic nitrogens is 2. The lowest BCUT2D eigenvalue weighted by Crippen LogP contribution is -2.49. The van der Waals surface area contributed by atoms with E-state index in [1.54, 1.807) is 40.9 Å². The Morgan fingerprint density at radius 2 is 1.81 bits per heavy atom. The summed E-state index contributed by atoms with van der Waals surface area (Å²) < 4.78 is 12.2. The van der Waals surface area contributed by atoms with Crippen LogP contribution in [0.1, 0.15) is 33.4 Å². The Kier molecular flexibility index (Phi) is 6.53. The molecule has 1 aromatic carbocycles. The molecular formula is C27H26N4O5. The molecule has 0 atom stereocenters. The molecule has 4 aromatic rings. The number of nitrogens with zero attached hydrogens (tertiary/aromatic N) is 4. The number of fused-ring (bicyclic) bond motifs is 1. The lowest BCUT2D eigenvalue weighted by Gasteiger charge is -2.37. The normalized spacial score (nSPS) is 13.7. The highest BCUT2D eigenvalue weighted by molar-refractivity contribution is 6.05. The molecule has 0 unspecified atom stereocenters. The van der Waals surface area contributed by atoms with Gasteiger partial charge in [-0.3, -0.25) is 14.6 Å². The average molecular weight is 487 g/mol. The summed E-state index contributed by atoms with van der Waals surface area (Å²) in [5.74, 6) is -0.555. The van der Waals surface area contributed by atoms with Crippen LogP contribution in [0.3, 0.4) is 0 Å². The van der Waals surface area contributed by atoms with Crippen molar-refractivity contribution in [2.45, 2.75) is 13.5 Å². The fourth-order valence-electron chi connectivity index (χ4n) is 4.61. The van der Waals surface area contributed by atoms with Crippen LogP contribution >= 0.6 is 0 Å². The number of hydrogen-bond acceptors (Lipinski definition) is 7. The van der Waals surface area contributed by atoms with E-state index in [9.17, 15) is 14.4 Å². The maximum absolute atomic E-state index is 13.8. The van der Waals surface area contributed by atoms with E-state index in [4.69, 9.17) is 9.15 Å². The maximum atomic E-state index is 13.8. The van der Waals surface area contributed by atoms with Gasteiger partial charge in [0.25, 0.3) is 11.5 Å². The molecule has 0 spiro atoms. The third-order valence-corrected chi connectivity index (χ3v) is 6.32. The van der Waals surface area contributed by atoms with Crippen molar-refractivity contribution >= 4 is 28.5 Å². The first-order valence-corrected chi connectivity index (χ1v) is 11.9. The molecular weight excluding hydrogens is 460 g/mol. The van der Waals surface area contributed by atoms with Crippen LogP contribution in [0, 0.1) is 0 Å². The summed E-state index contributed by atoms with van der Waals surface area (Å²) in [7, 11) is 0. The molecule has 0 saturated carbocycles. The first kappa shape index (κ1) is 23.3. The molecule has 0 aliphatic carbocycles. The van der Waals surface area contributed by atoms with Crippen LogP contribution in [-0.2, 0) is 11.3 Å². The zero-order valence-corrected chi connectivity index (χ0v) is 19.9. The zero-order chi connectivity index (χ0) is 25.1. The molecule has 9 nitrogen and oxygen atoms in total. The van der Waals surface area contributed by atoms with Gasteiger partial charge in [0.05, 0.1) is 36.8 Å². The molecule has 0 N–H and O–H groups in total. The largest absolute Gasteiger partial charge is 0.462 e. The van der Waals surface area contributed by atoms with Gasteiger partial charge in [-0.25, -0.2) is 4.79 Å². The van der Waals surface area contributed by atoms with Crippen molar-refractivity contribution in [2.24, 2.45) is 0 Å². The summed E-state index contributed by atoms with van der Waals surface area (Å²) in [6, 6.07) is 14.7. The molecule has 0 bridgehead atoms. The fraction of sp³-hybridized carbons (Fsp3) is 0.259. The van der Waals surface area contributed by atoms with E-state index >= 15 is 0 Å². The van der Waals surface area contributed by atoms with E-state index in [2.05, 4.69) is 4.98 Å². The van der Waals surface area contributed by atoms with Gasteiger partial charge in [-0.05, 0) is 30.7 Å². The van der Waals surface area contributed by atoms with Gasteiger partial charge in [-0.2, -0.15) is 0 Å². The van der Waals surface area contributed by atoms with E-state index in [-0.39, 0.29) is 23.8 Å². The molecule has 0 radical (unpaired) electrons. The minimum atomic E-state index is -0.660. The minimum absolute atomic E-state index is 0.00251. The molecule has 1 fully saturated rings. The number of carbonyl (C=O) groups is 2. The maximum Gasteiger partial charge on any atom is 0.345 e.